The molecule has 2 N–H and O–H groups in total. The minimum atomic E-state index is 0.181. The normalized spacial score (nSPS) is 13.0. The van der Waals surface area contributed by atoms with Gasteiger partial charge in [0.25, 0.3) is 0 Å². The van der Waals surface area contributed by atoms with Crippen LogP contribution in [0.25, 0.3) is 0 Å². The summed E-state index contributed by atoms with van der Waals surface area (Å²) in [6, 6.07) is 10.4. The molecule has 24 heavy (non-hydrogen) atoms. The summed E-state index contributed by atoms with van der Waals surface area (Å²) >= 11 is 1.70. The number of thiophene rings is 1. The Labute approximate surface area is 148 Å². The van der Waals surface area contributed by atoms with Crippen LogP contribution in [0.3, 0.4) is 0 Å². The summed E-state index contributed by atoms with van der Waals surface area (Å²) in [6.45, 7) is 1.50. The molecule has 1 aromatic heterocycles. The van der Waals surface area contributed by atoms with Crippen molar-refractivity contribution < 1.29 is 4.74 Å². The molecular formula is C18H26N4OS. The fourth-order valence-corrected chi connectivity index (χ4v) is 3.17. The summed E-state index contributed by atoms with van der Waals surface area (Å²) in [5, 5.41) is 11.0. The van der Waals surface area contributed by atoms with Crippen molar-refractivity contribution in [3.05, 3.63) is 52.2 Å². The zero-order valence-corrected chi connectivity index (χ0v) is 15.6. The second-order valence-electron chi connectivity index (χ2n) is 5.66. The number of nitrogens with one attached hydrogen (secondary N) is 2. The lowest BCUT2D eigenvalue weighted by atomic mass is 10.0. The van der Waals surface area contributed by atoms with E-state index in [1.54, 1.807) is 25.5 Å². The molecule has 0 bridgehead atoms. The minimum absolute atomic E-state index is 0.181. The molecule has 0 amide bonds. The molecule has 0 saturated heterocycles. The van der Waals surface area contributed by atoms with Crippen molar-refractivity contribution in [2.75, 3.05) is 34.8 Å². The number of methoxy groups -OCH3 is 1. The van der Waals surface area contributed by atoms with Gasteiger partial charge < -0.3 is 20.3 Å². The van der Waals surface area contributed by atoms with Crippen LogP contribution in [0.2, 0.25) is 0 Å². The van der Waals surface area contributed by atoms with Crippen LogP contribution in [0.15, 0.2) is 46.1 Å². The Morgan fingerprint density at radius 3 is 2.67 bits per heavy atom. The smallest absolute Gasteiger partial charge is 0.191 e. The Morgan fingerprint density at radius 2 is 2.04 bits per heavy atom. The molecule has 2 aromatic rings. The Morgan fingerprint density at radius 1 is 1.25 bits per heavy atom. The van der Waals surface area contributed by atoms with Gasteiger partial charge in [0.2, 0.25) is 0 Å². The summed E-state index contributed by atoms with van der Waals surface area (Å²) in [4.78, 5) is 6.48. The Bertz CT molecular complexity index is 640. The zero-order chi connectivity index (χ0) is 17.4. The van der Waals surface area contributed by atoms with Crippen molar-refractivity contribution in [1.82, 2.24) is 15.5 Å². The maximum absolute atomic E-state index is 5.51. The highest BCUT2D eigenvalue weighted by molar-refractivity contribution is 7.07. The van der Waals surface area contributed by atoms with Gasteiger partial charge in [0.15, 0.2) is 5.96 Å². The molecule has 1 aromatic carbocycles. The highest BCUT2D eigenvalue weighted by atomic mass is 32.1. The van der Waals surface area contributed by atoms with Gasteiger partial charge in [-0.25, -0.2) is 0 Å². The molecule has 5 nitrogen and oxygen atoms in total. The number of likely N-dealkylation sites (N-methyl/N-ethyl adjacent to an activating group) is 1. The van der Waals surface area contributed by atoms with Crippen LogP contribution in [0, 0.1) is 0 Å². The first-order chi connectivity index (χ1) is 11.7. The molecular weight excluding hydrogens is 320 g/mol. The van der Waals surface area contributed by atoms with Crippen molar-refractivity contribution in [2.45, 2.75) is 12.6 Å². The largest absolute Gasteiger partial charge is 0.496 e. The lowest BCUT2D eigenvalue weighted by Gasteiger charge is -2.27. The number of ether oxygens (including phenoxy) is 1. The van der Waals surface area contributed by atoms with Gasteiger partial charge in [-0.2, -0.15) is 11.3 Å². The van der Waals surface area contributed by atoms with Crippen molar-refractivity contribution in [3.63, 3.8) is 0 Å². The molecule has 0 aliphatic rings. The number of guanidine groups is 1. The average molecular weight is 347 g/mol. The number of benzene rings is 1. The quantitative estimate of drug-likeness (QED) is 0.598. The highest BCUT2D eigenvalue weighted by Gasteiger charge is 2.18. The van der Waals surface area contributed by atoms with E-state index in [0.717, 1.165) is 30.4 Å². The van der Waals surface area contributed by atoms with Gasteiger partial charge in [0.1, 0.15) is 5.75 Å². The topological polar surface area (TPSA) is 48.9 Å². The van der Waals surface area contributed by atoms with E-state index >= 15 is 0 Å². The summed E-state index contributed by atoms with van der Waals surface area (Å²) in [6.07, 6.45) is 0. The van der Waals surface area contributed by atoms with Gasteiger partial charge >= 0.3 is 0 Å². The summed E-state index contributed by atoms with van der Waals surface area (Å²) < 4.78 is 5.51. The van der Waals surface area contributed by atoms with E-state index in [1.165, 1.54) is 5.56 Å². The Balaban J connectivity index is 1.99. The van der Waals surface area contributed by atoms with Crippen molar-refractivity contribution in [3.8, 4) is 5.75 Å². The average Bonchev–Trinajstić information content (AvgIpc) is 3.11. The van der Waals surface area contributed by atoms with Crippen LogP contribution in [0.1, 0.15) is 17.2 Å². The molecule has 1 heterocycles. The zero-order valence-electron chi connectivity index (χ0n) is 14.7. The van der Waals surface area contributed by atoms with Gasteiger partial charge in [0.05, 0.1) is 13.2 Å². The standard InChI is InChI=1S/C18H26N4OS/c1-19-18(20-11-14-9-10-24-13-14)21-12-16(22(2)3)15-7-5-6-8-17(15)23-4/h5-10,13,16H,11-12H2,1-4H3,(H2,19,20,21). The predicted molar refractivity (Wildman–Crippen MR) is 102 cm³/mol. The maximum atomic E-state index is 5.51. The van der Waals surface area contributed by atoms with Gasteiger partial charge in [-0.05, 0) is 42.6 Å². The first kappa shape index (κ1) is 18.3. The van der Waals surface area contributed by atoms with Crippen LogP contribution in [-0.2, 0) is 6.54 Å². The Hall–Kier alpha value is -2.05. The molecule has 0 aliphatic heterocycles. The molecule has 130 valence electrons. The molecule has 0 fully saturated rings. The number of nitrogens with zero attached hydrogens (tertiary/aromatic N) is 2. The molecule has 1 atom stereocenters. The van der Waals surface area contributed by atoms with E-state index in [-0.39, 0.29) is 6.04 Å². The summed E-state index contributed by atoms with van der Waals surface area (Å²) in [5.74, 6) is 1.70. The highest BCUT2D eigenvalue weighted by Crippen LogP contribution is 2.27. The second-order valence-corrected chi connectivity index (χ2v) is 6.44. The lowest BCUT2D eigenvalue weighted by Crippen LogP contribution is -2.41. The first-order valence-corrected chi connectivity index (χ1v) is 8.85. The van der Waals surface area contributed by atoms with Crippen LogP contribution in [0.4, 0.5) is 0 Å². The number of aliphatic imine (C=N–C) groups is 1. The van der Waals surface area contributed by atoms with E-state index in [0.29, 0.717) is 0 Å². The minimum Gasteiger partial charge on any atom is -0.496 e. The van der Waals surface area contributed by atoms with E-state index in [9.17, 15) is 0 Å². The Kier molecular flexibility index (Phi) is 7.08. The fourth-order valence-electron chi connectivity index (χ4n) is 2.51. The van der Waals surface area contributed by atoms with Crippen molar-refractivity contribution in [1.29, 1.82) is 0 Å². The number of hydrogen-bond donors (Lipinski definition) is 2. The molecule has 2 rings (SSSR count). The number of rotatable bonds is 7. The number of para-hydroxylation sites is 1. The summed E-state index contributed by atoms with van der Waals surface area (Å²) in [5.41, 5.74) is 2.42. The van der Waals surface area contributed by atoms with Crippen molar-refractivity contribution in [2.24, 2.45) is 4.99 Å². The van der Waals surface area contributed by atoms with E-state index in [2.05, 4.69) is 57.5 Å². The predicted octanol–water partition coefficient (Wildman–Crippen LogP) is 2.72. The van der Waals surface area contributed by atoms with Crippen LogP contribution < -0.4 is 15.4 Å². The SMILES string of the molecule is CN=C(NCc1ccsc1)NCC(c1ccccc1OC)N(C)C. The molecule has 0 aliphatic carbocycles. The van der Waals surface area contributed by atoms with Crippen LogP contribution >= 0.6 is 11.3 Å². The molecule has 1 unspecified atom stereocenters. The fraction of sp³-hybridized carbons (Fsp3) is 0.389. The van der Waals surface area contributed by atoms with Crippen LogP contribution in [-0.4, -0.2) is 45.7 Å². The molecule has 0 spiro atoms. The van der Waals surface area contributed by atoms with E-state index < -0.39 is 0 Å². The third-order valence-electron chi connectivity index (χ3n) is 3.85. The van der Waals surface area contributed by atoms with E-state index in [1.807, 2.05) is 18.2 Å². The molecule has 0 saturated carbocycles. The summed E-state index contributed by atoms with van der Waals surface area (Å²) in [7, 11) is 7.64. The third kappa shape index (κ3) is 4.97. The van der Waals surface area contributed by atoms with Gasteiger partial charge in [-0.3, -0.25) is 4.99 Å². The lowest BCUT2D eigenvalue weighted by molar-refractivity contribution is 0.287. The molecule has 0 radical (unpaired) electrons. The van der Waals surface area contributed by atoms with Crippen molar-refractivity contribution >= 4 is 17.3 Å². The molecule has 6 heteroatoms. The monoisotopic (exact) mass is 346 g/mol. The van der Waals surface area contributed by atoms with Gasteiger partial charge in [-0.15, -0.1) is 0 Å². The van der Waals surface area contributed by atoms with Gasteiger partial charge in [-0.1, -0.05) is 18.2 Å². The van der Waals surface area contributed by atoms with E-state index in [4.69, 9.17) is 4.74 Å². The first-order valence-electron chi connectivity index (χ1n) is 7.90. The third-order valence-corrected chi connectivity index (χ3v) is 4.58. The second kappa shape index (κ2) is 9.30. The van der Waals surface area contributed by atoms with Crippen LogP contribution in [0.5, 0.6) is 5.75 Å². The maximum Gasteiger partial charge on any atom is 0.191 e. The van der Waals surface area contributed by atoms with Gasteiger partial charge in [0, 0.05) is 25.7 Å². The number of hydrogen-bond acceptors (Lipinski definition) is 4.